The monoisotopic (exact) mass is 731 g/mol. The number of carbonyl (C=O) groups is 3. The number of amides is 2. The third kappa shape index (κ3) is 5.92. The van der Waals surface area contributed by atoms with Crippen molar-refractivity contribution in [1.82, 2.24) is 19.8 Å². The normalized spacial score (nSPS) is 20.9. The van der Waals surface area contributed by atoms with Crippen LogP contribution in [0.25, 0.3) is 32.9 Å². The van der Waals surface area contributed by atoms with Gasteiger partial charge in [-0.3, -0.25) is 9.59 Å². The number of hydrogen-bond donors (Lipinski definition) is 1. The van der Waals surface area contributed by atoms with Crippen LogP contribution in [0.1, 0.15) is 101 Å². The molecule has 51 heavy (non-hydrogen) atoms. The molecule has 2 aromatic carbocycles. The second-order valence-electron chi connectivity index (χ2n) is 15.5. The Kier molecular flexibility index (Phi) is 8.62. The van der Waals surface area contributed by atoms with E-state index in [4.69, 9.17) is 27.9 Å². The van der Waals surface area contributed by atoms with E-state index in [0.29, 0.717) is 34.0 Å². The first-order chi connectivity index (χ1) is 24.0. The lowest BCUT2D eigenvalue weighted by Gasteiger charge is -2.40. The largest absolute Gasteiger partial charge is 0.444 e. The second-order valence-corrected chi connectivity index (χ2v) is 16.3. The molecule has 4 aliphatic rings. The number of hydrogen-bond acceptors (Lipinski definition) is 6. The number of fused-ring (bicyclic) bond motifs is 4. The fourth-order valence-corrected chi connectivity index (χ4v) is 8.21. The van der Waals surface area contributed by atoms with E-state index in [1.54, 1.807) is 23.1 Å². The summed E-state index contributed by atoms with van der Waals surface area (Å²) >= 11 is 13.0. The maximum absolute atomic E-state index is 17.2. The molecule has 2 aliphatic carbocycles. The van der Waals surface area contributed by atoms with Gasteiger partial charge in [-0.15, -0.1) is 0 Å². The van der Waals surface area contributed by atoms with E-state index in [1.165, 1.54) is 6.92 Å². The van der Waals surface area contributed by atoms with Crippen LogP contribution < -0.4 is 5.32 Å². The number of halogens is 3. The smallest absolute Gasteiger partial charge is 0.410 e. The van der Waals surface area contributed by atoms with Gasteiger partial charge in [0.25, 0.3) is 0 Å². The lowest BCUT2D eigenvalue weighted by molar-refractivity contribution is -0.126. The highest BCUT2D eigenvalue weighted by Crippen LogP contribution is 2.54. The molecule has 2 bridgehead atoms. The minimum absolute atomic E-state index is 0.0248. The number of ether oxygens (including phenoxy) is 1. The summed E-state index contributed by atoms with van der Waals surface area (Å²) in [5.41, 5.74) is 1.34. The Morgan fingerprint density at radius 3 is 2.57 bits per heavy atom. The van der Waals surface area contributed by atoms with Gasteiger partial charge in [-0.25, -0.2) is 14.2 Å². The number of pyridine rings is 1. The van der Waals surface area contributed by atoms with Crippen molar-refractivity contribution in [3.05, 3.63) is 63.1 Å². The summed E-state index contributed by atoms with van der Waals surface area (Å²) in [5.74, 6) is -1.04. The van der Waals surface area contributed by atoms with Gasteiger partial charge in [-0.2, -0.15) is 5.26 Å². The SMILES string of the molecule is CC(=O)c1nc2c(F)c(-c3cccc(Cl)c3Cl)c(CCC#N)cc2c2c1cc([C@@H](C)NC(=O)C1(C)CC1)n2[C@H]1[C@@H]2C[C@H]1N(C(=O)OC(C)(C)C)C2. The van der Waals surface area contributed by atoms with Gasteiger partial charge in [-0.1, -0.05) is 42.3 Å². The van der Waals surface area contributed by atoms with Crippen LogP contribution in [0.3, 0.4) is 0 Å². The van der Waals surface area contributed by atoms with E-state index >= 15 is 4.39 Å². The molecule has 2 amide bonds. The zero-order valence-corrected chi connectivity index (χ0v) is 31.0. The highest BCUT2D eigenvalue weighted by Gasteiger charge is 2.56. The Labute approximate surface area is 306 Å². The molecule has 4 aromatic rings. The fraction of sp³-hybridized carbons (Fsp3) is 0.462. The van der Waals surface area contributed by atoms with Gasteiger partial charge in [-0.05, 0) is 77.1 Å². The highest BCUT2D eigenvalue weighted by molar-refractivity contribution is 6.43. The maximum atomic E-state index is 17.2. The van der Waals surface area contributed by atoms with E-state index in [1.807, 2.05) is 46.8 Å². The van der Waals surface area contributed by atoms with Crippen LogP contribution in [0.15, 0.2) is 30.3 Å². The predicted molar refractivity (Wildman–Crippen MR) is 194 cm³/mol. The molecule has 0 unspecified atom stereocenters. The summed E-state index contributed by atoms with van der Waals surface area (Å²) in [5, 5.41) is 14.2. The van der Waals surface area contributed by atoms with Crippen LogP contribution in [-0.4, -0.2) is 50.4 Å². The Bertz CT molecular complexity index is 2200. The quantitative estimate of drug-likeness (QED) is 0.181. The first kappa shape index (κ1) is 35.2. The summed E-state index contributed by atoms with van der Waals surface area (Å²) in [6, 6.07) is 9.89. The molecule has 0 spiro atoms. The number of aryl methyl sites for hydroxylation is 1. The van der Waals surface area contributed by atoms with Crippen molar-refractivity contribution in [2.45, 2.75) is 97.4 Å². The van der Waals surface area contributed by atoms with Gasteiger partial charge < -0.3 is 19.5 Å². The summed E-state index contributed by atoms with van der Waals surface area (Å²) in [7, 11) is 0. The first-order valence-electron chi connectivity index (χ1n) is 17.4. The van der Waals surface area contributed by atoms with Gasteiger partial charge in [0.1, 0.15) is 16.8 Å². The summed E-state index contributed by atoms with van der Waals surface area (Å²) in [4.78, 5) is 46.6. The topological polar surface area (TPSA) is 117 Å². The van der Waals surface area contributed by atoms with Crippen molar-refractivity contribution < 1.29 is 23.5 Å². The molecule has 4 fully saturated rings. The van der Waals surface area contributed by atoms with E-state index in [0.717, 1.165) is 25.0 Å². The number of nitriles is 1. The zero-order valence-electron chi connectivity index (χ0n) is 29.5. The summed E-state index contributed by atoms with van der Waals surface area (Å²) < 4.78 is 25.1. The minimum atomic E-state index is -0.682. The Morgan fingerprint density at radius 1 is 1.20 bits per heavy atom. The summed E-state index contributed by atoms with van der Waals surface area (Å²) in [6.45, 7) is 11.2. The van der Waals surface area contributed by atoms with Gasteiger partial charge >= 0.3 is 6.09 Å². The molecule has 4 atom stereocenters. The molecule has 266 valence electrons. The average molecular weight is 733 g/mol. The molecule has 9 nitrogen and oxygen atoms in total. The molecule has 2 aliphatic heterocycles. The zero-order chi connectivity index (χ0) is 36.7. The molecule has 1 N–H and O–H groups in total. The number of ketones is 1. The second kappa shape index (κ2) is 12.5. The van der Waals surface area contributed by atoms with Crippen LogP contribution in [0, 0.1) is 28.5 Å². The van der Waals surface area contributed by atoms with Crippen LogP contribution in [0.5, 0.6) is 0 Å². The summed E-state index contributed by atoms with van der Waals surface area (Å²) in [6.07, 6.45) is 2.30. The third-order valence-electron chi connectivity index (χ3n) is 10.7. The van der Waals surface area contributed by atoms with E-state index in [9.17, 15) is 19.6 Å². The number of rotatable bonds is 8. The highest BCUT2D eigenvalue weighted by atomic mass is 35.5. The molecule has 4 heterocycles. The Hall–Kier alpha value is -4.20. The predicted octanol–water partition coefficient (Wildman–Crippen LogP) is 9.12. The van der Waals surface area contributed by atoms with Crippen LogP contribution in [0.2, 0.25) is 10.0 Å². The van der Waals surface area contributed by atoms with Crippen molar-refractivity contribution in [1.29, 1.82) is 5.26 Å². The lowest BCUT2D eigenvalue weighted by atomic mass is 9.79. The number of nitrogens with one attached hydrogen (secondary N) is 1. The van der Waals surface area contributed by atoms with Gasteiger partial charge in [0, 0.05) is 58.8 Å². The molecule has 2 saturated heterocycles. The molecule has 0 radical (unpaired) electrons. The molecule has 12 heteroatoms. The fourth-order valence-electron chi connectivity index (χ4n) is 7.82. The lowest BCUT2D eigenvalue weighted by Crippen LogP contribution is -2.45. The van der Waals surface area contributed by atoms with Gasteiger partial charge in [0.15, 0.2) is 11.6 Å². The van der Waals surface area contributed by atoms with Gasteiger partial charge in [0.05, 0.1) is 39.8 Å². The third-order valence-corrected chi connectivity index (χ3v) is 11.5. The van der Waals surface area contributed by atoms with Crippen LogP contribution in [0.4, 0.5) is 9.18 Å². The number of aromatic nitrogens is 2. The average Bonchev–Trinajstić information content (AvgIpc) is 3.36. The van der Waals surface area contributed by atoms with Crippen LogP contribution >= 0.6 is 23.2 Å². The van der Waals surface area contributed by atoms with Crippen molar-refractivity contribution in [2.24, 2.45) is 11.3 Å². The molecular formula is C39H40Cl2FN5O4. The Balaban J connectivity index is 1.51. The van der Waals surface area contributed by atoms with E-state index in [-0.39, 0.29) is 69.4 Å². The molecule has 2 aromatic heterocycles. The Morgan fingerprint density at radius 2 is 1.92 bits per heavy atom. The van der Waals surface area contributed by atoms with Crippen LogP contribution in [-0.2, 0) is 16.0 Å². The number of nitrogens with zero attached hydrogens (tertiary/aromatic N) is 4. The number of carbonyl (C=O) groups excluding carboxylic acids is 3. The van der Waals surface area contributed by atoms with Crippen molar-refractivity contribution in [3.63, 3.8) is 0 Å². The molecule has 2 saturated carbocycles. The van der Waals surface area contributed by atoms with Crippen molar-refractivity contribution in [2.75, 3.05) is 6.54 Å². The molecular weight excluding hydrogens is 692 g/mol. The first-order valence-corrected chi connectivity index (χ1v) is 18.1. The van der Waals surface area contributed by atoms with Gasteiger partial charge in [0.2, 0.25) is 5.91 Å². The minimum Gasteiger partial charge on any atom is -0.444 e. The standard InChI is InChI=1S/C39H40Cl2FN5O4/c1-19(44-36(49)39(6)12-13-39)27-17-25-32(20(2)48)45-33-24(15-21(9-8-14-43)29(31(33)42)23-10-7-11-26(40)30(23)41)35(25)47(27)34-22-16-28(34)46(18-22)37(50)51-38(3,4)5/h7,10-11,15,17,19,22,28,34H,8-9,12-13,16,18H2,1-6H3,(H,44,49)/t19-,22-,28-,34+/m1/s1. The van der Waals surface area contributed by atoms with E-state index in [2.05, 4.69) is 20.9 Å². The van der Waals surface area contributed by atoms with E-state index < -0.39 is 29.0 Å². The maximum Gasteiger partial charge on any atom is 0.410 e. The number of benzene rings is 2. The molecule has 8 rings (SSSR count). The number of Topliss-reactive ketones (excluding diaryl/α,β-unsaturated/α-hetero) is 1. The van der Waals surface area contributed by atoms with Crippen molar-refractivity contribution in [3.8, 4) is 17.2 Å². The van der Waals surface area contributed by atoms with Crippen molar-refractivity contribution >= 4 is 62.8 Å².